The molecule has 1 unspecified atom stereocenters. The van der Waals surface area contributed by atoms with Crippen LogP contribution in [-0.4, -0.2) is 25.4 Å². The summed E-state index contributed by atoms with van der Waals surface area (Å²) in [6.07, 6.45) is 4.90. The lowest BCUT2D eigenvalue weighted by Gasteiger charge is -2.08. The SMILES string of the molecule is CS(=O)c1sc2nc(-c3cnc(N)nc3)cc(-c3ccccc3)c2c1N. The third kappa shape index (κ3) is 2.83. The standard InChI is InChI=1S/C18H15N5OS2/c1-26(24)17-15(19)14-12(10-5-3-2-4-6-10)7-13(23-16(14)25-17)11-8-21-18(20)22-9-11/h2-9H,19H2,1H3,(H2,20,21,22). The van der Waals surface area contributed by atoms with Crippen LogP contribution < -0.4 is 11.5 Å². The largest absolute Gasteiger partial charge is 0.396 e. The van der Waals surface area contributed by atoms with Gasteiger partial charge in [0.25, 0.3) is 0 Å². The van der Waals surface area contributed by atoms with Gasteiger partial charge in [-0.05, 0) is 17.2 Å². The average Bonchev–Trinajstić information content (AvgIpc) is 2.99. The number of nitrogen functional groups attached to an aromatic ring is 2. The second kappa shape index (κ2) is 6.47. The summed E-state index contributed by atoms with van der Waals surface area (Å²) in [5.41, 5.74) is 15.8. The van der Waals surface area contributed by atoms with Gasteiger partial charge in [-0.2, -0.15) is 0 Å². The molecular formula is C18H15N5OS2. The number of hydrogen-bond acceptors (Lipinski definition) is 7. The molecule has 4 aromatic rings. The van der Waals surface area contributed by atoms with Crippen molar-refractivity contribution in [3.63, 3.8) is 0 Å². The van der Waals surface area contributed by atoms with Crippen molar-refractivity contribution in [3.05, 3.63) is 48.8 Å². The number of thiophene rings is 1. The molecule has 0 fully saturated rings. The van der Waals surface area contributed by atoms with Gasteiger partial charge in [-0.15, -0.1) is 11.3 Å². The van der Waals surface area contributed by atoms with E-state index in [-0.39, 0.29) is 5.95 Å². The molecule has 8 heteroatoms. The van der Waals surface area contributed by atoms with Crippen molar-refractivity contribution in [1.29, 1.82) is 0 Å². The minimum Gasteiger partial charge on any atom is -0.396 e. The number of nitrogens with two attached hydrogens (primary N) is 2. The Labute approximate surface area is 156 Å². The molecule has 0 spiro atoms. The molecule has 4 rings (SSSR count). The van der Waals surface area contributed by atoms with Crippen LogP contribution in [0.15, 0.2) is 53.0 Å². The van der Waals surface area contributed by atoms with Gasteiger partial charge in [-0.1, -0.05) is 30.3 Å². The molecule has 0 aliphatic rings. The summed E-state index contributed by atoms with van der Waals surface area (Å²) in [6, 6.07) is 11.9. The molecule has 3 heterocycles. The highest BCUT2D eigenvalue weighted by atomic mass is 32.2. The Bertz CT molecular complexity index is 1120. The molecule has 130 valence electrons. The summed E-state index contributed by atoms with van der Waals surface area (Å²) in [7, 11) is -1.18. The van der Waals surface area contributed by atoms with Crippen LogP contribution in [0, 0.1) is 0 Å². The fraction of sp³-hybridized carbons (Fsp3) is 0.0556. The zero-order chi connectivity index (χ0) is 18.3. The van der Waals surface area contributed by atoms with Crippen LogP contribution in [0.25, 0.3) is 32.6 Å². The molecule has 0 bridgehead atoms. The summed E-state index contributed by atoms with van der Waals surface area (Å²) in [4.78, 5) is 13.5. The topological polar surface area (TPSA) is 108 Å². The highest BCUT2D eigenvalue weighted by Gasteiger charge is 2.19. The first-order chi connectivity index (χ1) is 12.5. The van der Waals surface area contributed by atoms with Crippen LogP contribution >= 0.6 is 11.3 Å². The van der Waals surface area contributed by atoms with Crippen LogP contribution in [0.5, 0.6) is 0 Å². The summed E-state index contributed by atoms with van der Waals surface area (Å²) >= 11 is 1.35. The number of pyridine rings is 1. The molecule has 4 N–H and O–H groups in total. The van der Waals surface area contributed by atoms with Crippen molar-refractivity contribution in [2.24, 2.45) is 0 Å². The van der Waals surface area contributed by atoms with E-state index in [9.17, 15) is 4.21 Å². The molecule has 1 atom stereocenters. The van der Waals surface area contributed by atoms with Crippen LogP contribution in [0.4, 0.5) is 11.6 Å². The Morgan fingerprint density at radius 2 is 1.73 bits per heavy atom. The second-order valence-corrected chi connectivity index (χ2v) is 8.26. The number of benzene rings is 1. The average molecular weight is 381 g/mol. The van der Waals surface area contributed by atoms with Crippen LogP contribution in [0.1, 0.15) is 0 Å². The summed E-state index contributed by atoms with van der Waals surface area (Å²) in [5.74, 6) is 0.210. The van der Waals surface area contributed by atoms with Crippen molar-refractivity contribution in [3.8, 4) is 22.4 Å². The number of nitrogens with zero attached hydrogens (tertiary/aromatic N) is 3. The molecule has 3 aromatic heterocycles. The van der Waals surface area contributed by atoms with E-state index in [1.165, 1.54) is 11.3 Å². The number of rotatable bonds is 3. The monoisotopic (exact) mass is 381 g/mol. The van der Waals surface area contributed by atoms with Crippen LogP contribution in [0.2, 0.25) is 0 Å². The van der Waals surface area contributed by atoms with Gasteiger partial charge in [0.15, 0.2) is 0 Å². The van der Waals surface area contributed by atoms with Gasteiger partial charge in [0.2, 0.25) is 5.95 Å². The van der Waals surface area contributed by atoms with Gasteiger partial charge in [-0.3, -0.25) is 4.21 Å². The Morgan fingerprint density at radius 3 is 2.38 bits per heavy atom. The van der Waals surface area contributed by atoms with E-state index in [2.05, 4.69) is 9.97 Å². The molecule has 1 aromatic carbocycles. The lowest BCUT2D eigenvalue weighted by molar-refractivity contribution is 0.688. The van der Waals surface area contributed by atoms with Gasteiger partial charge in [0, 0.05) is 29.6 Å². The van der Waals surface area contributed by atoms with Gasteiger partial charge < -0.3 is 11.5 Å². The first-order valence-electron chi connectivity index (χ1n) is 7.74. The smallest absolute Gasteiger partial charge is 0.219 e. The Balaban J connectivity index is 2.04. The van der Waals surface area contributed by atoms with Crippen molar-refractivity contribution >= 4 is 44.0 Å². The predicted molar refractivity (Wildman–Crippen MR) is 107 cm³/mol. The lowest BCUT2D eigenvalue weighted by Crippen LogP contribution is -1.95. The molecule has 0 saturated carbocycles. The maximum Gasteiger partial charge on any atom is 0.219 e. The molecule has 0 amide bonds. The predicted octanol–water partition coefficient (Wildman–Crippen LogP) is 3.32. The van der Waals surface area contributed by atoms with E-state index in [1.54, 1.807) is 18.6 Å². The minimum absolute atomic E-state index is 0.210. The van der Waals surface area contributed by atoms with E-state index in [4.69, 9.17) is 16.5 Å². The molecule has 26 heavy (non-hydrogen) atoms. The first-order valence-corrected chi connectivity index (χ1v) is 10.1. The van der Waals surface area contributed by atoms with Crippen molar-refractivity contribution in [2.45, 2.75) is 4.21 Å². The number of hydrogen-bond donors (Lipinski definition) is 2. The van der Waals surface area contributed by atoms with Gasteiger partial charge in [0.05, 0.1) is 22.2 Å². The van der Waals surface area contributed by atoms with Crippen LogP contribution in [-0.2, 0) is 10.8 Å². The third-order valence-electron chi connectivity index (χ3n) is 3.98. The summed E-state index contributed by atoms with van der Waals surface area (Å²) < 4.78 is 12.7. The van der Waals surface area contributed by atoms with Gasteiger partial charge in [-0.25, -0.2) is 15.0 Å². The van der Waals surface area contributed by atoms with Crippen LogP contribution in [0.3, 0.4) is 0 Å². The number of fused-ring (bicyclic) bond motifs is 1. The molecule has 0 radical (unpaired) electrons. The number of anilines is 2. The quantitative estimate of drug-likeness (QED) is 0.564. The van der Waals surface area contributed by atoms with Crippen molar-refractivity contribution < 1.29 is 4.21 Å². The molecule has 0 aliphatic carbocycles. The molecular weight excluding hydrogens is 366 g/mol. The maximum absolute atomic E-state index is 12.1. The fourth-order valence-electron chi connectivity index (χ4n) is 2.78. The van der Waals surface area contributed by atoms with Crippen molar-refractivity contribution in [2.75, 3.05) is 17.7 Å². The zero-order valence-corrected chi connectivity index (χ0v) is 15.5. The van der Waals surface area contributed by atoms with Gasteiger partial charge in [0.1, 0.15) is 9.04 Å². The Morgan fingerprint density at radius 1 is 1.04 bits per heavy atom. The highest BCUT2D eigenvalue weighted by Crippen LogP contribution is 2.42. The first kappa shape index (κ1) is 16.6. The van der Waals surface area contributed by atoms with Crippen molar-refractivity contribution in [1.82, 2.24) is 15.0 Å². The minimum atomic E-state index is -1.18. The molecule has 0 aliphatic heterocycles. The number of aromatic nitrogens is 3. The third-order valence-corrected chi connectivity index (χ3v) is 6.57. The second-order valence-electron chi connectivity index (χ2n) is 5.69. The lowest BCUT2D eigenvalue weighted by atomic mass is 10.0. The van der Waals surface area contributed by atoms with E-state index in [1.807, 2.05) is 36.4 Å². The molecule has 0 saturated heterocycles. The van der Waals surface area contributed by atoms with Gasteiger partial charge >= 0.3 is 0 Å². The summed E-state index contributed by atoms with van der Waals surface area (Å²) in [5, 5.41) is 0.825. The zero-order valence-electron chi connectivity index (χ0n) is 13.8. The van der Waals surface area contributed by atoms with E-state index < -0.39 is 10.8 Å². The fourth-order valence-corrected chi connectivity index (χ4v) is 4.75. The Hall–Kier alpha value is -2.84. The summed E-state index contributed by atoms with van der Waals surface area (Å²) in [6.45, 7) is 0. The highest BCUT2D eigenvalue weighted by molar-refractivity contribution is 7.87. The van der Waals surface area contributed by atoms with E-state index in [0.29, 0.717) is 15.6 Å². The van der Waals surface area contributed by atoms with E-state index >= 15 is 0 Å². The Kier molecular flexibility index (Phi) is 4.14. The van der Waals surface area contributed by atoms with E-state index in [0.717, 1.165) is 26.9 Å². The normalized spacial score (nSPS) is 12.3. The maximum atomic E-state index is 12.1. The molecule has 6 nitrogen and oxygen atoms in total.